The highest BCUT2D eigenvalue weighted by molar-refractivity contribution is 5.85. The van der Waals surface area contributed by atoms with E-state index in [-0.39, 0.29) is 35.5 Å². The lowest BCUT2D eigenvalue weighted by molar-refractivity contribution is -0.127. The van der Waals surface area contributed by atoms with Crippen LogP contribution in [0.5, 0.6) is 0 Å². The second-order valence-corrected chi connectivity index (χ2v) is 10.8. The van der Waals surface area contributed by atoms with Crippen LogP contribution in [0.2, 0.25) is 0 Å². The number of nitrogens with one attached hydrogen (secondary N) is 1. The normalized spacial score (nSPS) is 17.0. The van der Waals surface area contributed by atoms with Crippen molar-refractivity contribution in [3.8, 4) is 22.5 Å². The molecule has 0 spiro atoms. The van der Waals surface area contributed by atoms with Crippen molar-refractivity contribution in [1.29, 1.82) is 0 Å². The Morgan fingerprint density at radius 1 is 0.946 bits per heavy atom. The Balaban J connectivity index is 1.52. The van der Waals surface area contributed by atoms with Crippen molar-refractivity contribution in [3.05, 3.63) is 36.7 Å². The molecule has 0 unspecified atom stereocenters. The standard InChI is InChI=1S/C28H39N7O2/c1-6-19(4)27(20(5)36)35-17-25(31-33-35)22-9-7-21(8-10-22)24-16-34(32-30-24)26(15-18(2)3)28(37)23-11-13-29-14-12-23/h7-10,16-19,23,26-27,29H,6,11-15H2,1-5H3/t19-,26-,27-/m0/s1. The lowest BCUT2D eigenvalue weighted by Crippen LogP contribution is -2.36. The number of ketones is 2. The number of Topliss-reactive ketones (excluding diaryl/α,β-unsaturated/α-hetero) is 2. The molecule has 0 amide bonds. The van der Waals surface area contributed by atoms with Crippen molar-refractivity contribution < 1.29 is 9.59 Å². The Morgan fingerprint density at radius 3 is 2.00 bits per heavy atom. The molecule has 4 rings (SSSR count). The molecule has 1 fully saturated rings. The number of piperidine rings is 1. The van der Waals surface area contributed by atoms with Gasteiger partial charge in [-0.15, -0.1) is 10.2 Å². The number of carbonyl (C=O) groups excluding carboxylic acids is 2. The lowest BCUT2D eigenvalue weighted by atomic mass is 9.86. The average Bonchev–Trinajstić information content (AvgIpc) is 3.58. The van der Waals surface area contributed by atoms with Gasteiger partial charge in [-0.1, -0.05) is 68.8 Å². The number of rotatable bonds is 11. The molecule has 1 N–H and O–H groups in total. The van der Waals surface area contributed by atoms with Crippen LogP contribution in [0, 0.1) is 17.8 Å². The molecule has 0 saturated carbocycles. The Hall–Kier alpha value is -3.20. The molecule has 9 nitrogen and oxygen atoms in total. The molecule has 9 heteroatoms. The molecule has 1 aliphatic heterocycles. The smallest absolute Gasteiger partial charge is 0.160 e. The fourth-order valence-corrected chi connectivity index (χ4v) is 5.17. The molecule has 1 aliphatic rings. The van der Waals surface area contributed by atoms with Crippen LogP contribution in [0.15, 0.2) is 36.7 Å². The second-order valence-electron chi connectivity index (χ2n) is 10.8. The minimum Gasteiger partial charge on any atom is -0.317 e. The predicted molar refractivity (Wildman–Crippen MR) is 143 cm³/mol. The van der Waals surface area contributed by atoms with E-state index in [0.717, 1.165) is 55.6 Å². The molecule has 198 valence electrons. The maximum Gasteiger partial charge on any atom is 0.160 e. The SMILES string of the molecule is CC[C@H](C)[C@@H](C(C)=O)n1cc(-c2ccc(-c3cn([C@@H](CC(C)C)C(=O)C4CCNCC4)nn3)cc2)nn1. The van der Waals surface area contributed by atoms with Gasteiger partial charge < -0.3 is 5.32 Å². The zero-order valence-electron chi connectivity index (χ0n) is 22.6. The van der Waals surface area contributed by atoms with Crippen molar-refractivity contribution in [2.45, 2.75) is 72.4 Å². The summed E-state index contributed by atoms with van der Waals surface area (Å²) in [6, 6.07) is 7.30. The molecule has 37 heavy (non-hydrogen) atoms. The van der Waals surface area contributed by atoms with Gasteiger partial charge >= 0.3 is 0 Å². The van der Waals surface area contributed by atoms with Crippen molar-refractivity contribution in [1.82, 2.24) is 35.3 Å². The number of nitrogens with zero attached hydrogens (tertiary/aromatic N) is 6. The number of benzene rings is 1. The third-order valence-corrected chi connectivity index (χ3v) is 7.47. The van der Waals surface area contributed by atoms with E-state index in [1.807, 2.05) is 36.7 Å². The first-order chi connectivity index (χ1) is 17.8. The van der Waals surface area contributed by atoms with Crippen LogP contribution < -0.4 is 5.32 Å². The monoisotopic (exact) mass is 505 g/mol. The van der Waals surface area contributed by atoms with E-state index < -0.39 is 0 Å². The summed E-state index contributed by atoms with van der Waals surface area (Å²) in [6.07, 6.45) is 7.12. The third-order valence-electron chi connectivity index (χ3n) is 7.47. The van der Waals surface area contributed by atoms with E-state index in [9.17, 15) is 9.59 Å². The quantitative estimate of drug-likeness (QED) is 0.408. The van der Waals surface area contributed by atoms with Crippen molar-refractivity contribution in [2.24, 2.45) is 17.8 Å². The molecule has 3 aromatic rings. The topological polar surface area (TPSA) is 108 Å². The van der Waals surface area contributed by atoms with Gasteiger partial charge in [0.1, 0.15) is 23.5 Å². The highest BCUT2D eigenvalue weighted by Gasteiger charge is 2.31. The van der Waals surface area contributed by atoms with Crippen LogP contribution in [-0.4, -0.2) is 54.6 Å². The molecule has 1 saturated heterocycles. The first kappa shape index (κ1) is 26.9. The third kappa shape index (κ3) is 6.21. The van der Waals surface area contributed by atoms with Crippen LogP contribution in [0.25, 0.3) is 22.5 Å². The molecular formula is C28H39N7O2. The minimum absolute atomic E-state index is 0.0771. The summed E-state index contributed by atoms with van der Waals surface area (Å²) >= 11 is 0. The maximum atomic E-state index is 13.4. The molecule has 2 aromatic heterocycles. The zero-order valence-corrected chi connectivity index (χ0v) is 22.6. The van der Waals surface area contributed by atoms with Gasteiger partial charge in [-0.3, -0.25) is 9.59 Å². The van der Waals surface area contributed by atoms with Crippen molar-refractivity contribution in [3.63, 3.8) is 0 Å². The van der Waals surface area contributed by atoms with E-state index in [2.05, 4.69) is 53.6 Å². The van der Waals surface area contributed by atoms with Gasteiger partial charge in [0.05, 0.1) is 12.4 Å². The molecule has 0 bridgehead atoms. The zero-order chi connectivity index (χ0) is 26.5. The minimum atomic E-state index is -0.313. The van der Waals surface area contributed by atoms with E-state index >= 15 is 0 Å². The van der Waals surface area contributed by atoms with Gasteiger partial charge in [0.2, 0.25) is 0 Å². The van der Waals surface area contributed by atoms with Crippen LogP contribution >= 0.6 is 0 Å². The molecular weight excluding hydrogens is 466 g/mol. The van der Waals surface area contributed by atoms with Gasteiger partial charge in [0, 0.05) is 17.0 Å². The fraction of sp³-hybridized carbons (Fsp3) is 0.571. The Kier molecular flexibility index (Phi) is 8.63. The highest BCUT2D eigenvalue weighted by atomic mass is 16.1. The summed E-state index contributed by atoms with van der Waals surface area (Å²) in [5.41, 5.74) is 3.28. The Labute approximate surface area is 219 Å². The van der Waals surface area contributed by atoms with Crippen LogP contribution in [0.3, 0.4) is 0 Å². The summed E-state index contributed by atoms with van der Waals surface area (Å²) in [6.45, 7) is 11.8. The molecule has 3 atom stereocenters. The van der Waals surface area contributed by atoms with Gasteiger partial charge in [-0.05, 0) is 51.1 Å². The molecule has 0 radical (unpaired) electrons. The largest absolute Gasteiger partial charge is 0.317 e. The average molecular weight is 506 g/mol. The number of hydrogen-bond donors (Lipinski definition) is 1. The summed E-state index contributed by atoms with van der Waals surface area (Å²) in [4.78, 5) is 25.6. The molecule has 0 aliphatic carbocycles. The van der Waals surface area contributed by atoms with Crippen molar-refractivity contribution >= 4 is 11.6 Å². The first-order valence-corrected chi connectivity index (χ1v) is 13.5. The number of aromatic nitrogens is 6. The summed E-state index contributed by atoms with van der Waals surface area (Å²) in [5.74, 6) is 0.982. The second kappa shape index (κ2) is 11.9. The lowest BCUT2D eigenvalue weighted by Gasteiger charge is -2.26. The predicted octanol–water partition coefficient (Wildman–Crippen LogP) is 4.54. The van der Waals surface area contributed by atoms with Crippen LogP contribution in [0.1, 0.15) is 72.4 Å². The van der Waals surface area contributed by atoms with Gasteiger partial charge in [0.25, 0.3) is 0 Å². The number of carbonyl (C=O) groups is 2. The van der Waals surface area contributed by atoms with E-state index in [4.69, 9.17) is 0 Å². The van der Waals surface area contributed by atoms with E-state index in [1.54, 1.807) is 16.3 Å². The summed E-state index contributed by atoms with van der Waals surface area (Å²) < 4.78 is 3.44. The number of hydrogen-bond acceptors (Lipinski definition) is 7. The fourth-order valence-electron chi connectivity index (χ4n) is 5.17. The van der Waals surface area contributed by atoms with Crippen molar-refractivity contribution in [2.75, 3.05) is 13.1 Å². The maximum absolute atomic E-state index is 13.4. The highest BCUT2D eigenvalue weighted by Crippen LogP contribution is 2.29. The summed E-state index contributed by atoms with van der Waals surface area (Å²) in [5, 5.41) is 20.7. The molecule has 1 aromatic carbocycles. The van der Waals surface area contributed by atoms with Crippen LogP contribution in [0.4, 0.5) is 0 Å². The van der Waals surface area contributed by atoms with Gasteiger partial charge in [-0.2, -0.15) is 0 Å². The van der Waals surface area contributed by atoms with Gasteiger partial charge in [-0.25, -0.2) is 9.36 Å². The Morgan fingerprint density at radius 2 is 1.49 bits per heavy atom. The van der Waals surface area contributed by atoms with E-state index in [0.29, 0.717) is 11.6 Å². The summed E-state index contributed by atoms with van der Waals surface area (Å²) in [7, 11) is 0. The van der Waals surface area contributed by atoms with Gasteiger partial charge in [0.15, 0.2) is 11.6 Å². The Bertz CT molecular complexity index is 1190. The van der Waals surface area contributed by atoms with E-state index in [1.165, 1.54) is 0 Å². The molecule has 3 heterocycles. The van der Waals surface area contributed by atoms with Crippen LogP contribution in [-0.2, 0) is 9.59 Å². The first-order valence-electron chi connectivity index (χ1n) is 13.5.